The Bertz CT molecular complexity index is 189. The highest BCUT2D eigenvalue weighted by Gasteiger charge is 2.54. The maximum absolute atomic E-state index is 12.3. The predicted molar refractivity (Wildman–Crippen MR) is 51.1 cm³/mol. The molecule has 1 saturated carbocycles. The van der Waals surface area contributed by atoms with Crippen LogP contribution in [-0.2, 0) is 11.0 Å². The molecule has 0 aliphatic heterocycles. The van der Waals surface area contributed by atoms with E-state index in [1.807, 2.05) is 13.8 Å². The first-order valence-electron chi connectivity index (χ1n) is 4.32. The van der Waals surface area contributed by atoms with E-state index in [1.54, 1.807) is 6.92 Å². The molecule has 1 aliphatic carbocycles. The smallest absolute Gasteiger partial charge is 0.243 e. The lowest BCUT2D eigenvalue weighted by Crippen LogP contribution is -2.58. The fourth-order valence-electron chi connectivity index (χ4n) is 1.51. The van der Waals surface area contributed by atoms with Crippen LogP contribution in [0.3, 0.4) is 0 Å². The van der Waals surface area contributed by atoms with Gasteiger partial charge in [-0.1, -0.05) is 13.8 Å². The van der Waals surface area contributed by atoms with Crippen molar-refractivity contribution in [2.75, 3.05) is 6.26 Å². The fraction of sp³-hybridized carbons (Fsp3) is 1.00. The molecule has 1 rings (SSSR count). The summed E-state index contributed by atoms with van der Waals surface area (Å²) >= 11 is 0. The van der Waals surface area contributed by atoms with Crippen molar-refractivity contribution in [3.05, 3.63) is 0 Å². The lowest BCUT2D eigenvalue weighted by Gasteiger charge is -2.44. The Morgan fingerprint density at radius 3 is 1.92 bits per heavy atom. The molecular weight excluding hydrogens is 196 g/mol. The van der Waals surface area contributed by atoms with Crippen molar-refractivity contribution < 1.29 is 13.0 Å². The van der Waals surface area contributed by atoms with Crippen molar-refractivity contribution in [1.29, 1.82) is 0 Å². The van der Waals surface area contributed by atoms with Crippen molar-refractivity contribution in [2.24, 2.45) is 0 Å². The highest BCUT2D eigenvalue weighted by molar-refractivity contribution is 7.82. The number of hydrogen-bond donors (Lipinski definition) is 1. The van der Waals surface area contributed by atoms with E-state index in [0.717, 1.165) is 0 Å². The molecule has 1 aliphatic rings. The maximum Gasteiger partial charge on any atom is 0.251 e. The molecule has 1 fully saturated rings. The van der Waals surface area contributed by atoms with Crippen LogP contribution in [0.2, 0.25) is 0 Å². The van der Waals surface area contributed by atoms with Gasteiger partial charge in [0, 0.05) is 24.6 Å². The van der Waals surface area contributed by atoms with Gasteiger partial charge in [0.2, 0.25) is 0 Å². The summed E-state index contributed by atoms with van der Waals surface area (Å²) in [5.74, 6) is -2.55. The first kappa shape index (κ1) is 13.0. The number of rotatable bonds is 2. The lowest BCUT2D eigenvalue weighted by atomic mass is 9.76. The average molecular weight is 213 g/mol. The maximum atomic E-state index is 12.3. The number of alkyl halides is 2. The molecule has 0 aromatic carbocycles. The van der Waals surface area contributed by atoms with Gasteiger partial charge in [-0.2, -0.15) is 0 Å². The standard InChI is InChI=1S/C6H11F2NOS.C2H6/c1-5(9-11(2)10)3-6(7,8)4-5;1-2/h9H,3-4H2,1-2H3;1-2H3. The van der Waals surface area contributed by atoms with E-state index in [9.17, 15) is 13.0 Å². The number of hydrogen-bond acceptors (Lipinski definition) is 1. The molecule has 0 saturated heterocycles. The second kappa shape index (κ2) is 4.46. The molecular formula is C8H17F2NOS. The third-order valence-corrected chi connectivity index (χ3v) is 2.47. The predicted octanol–water partition coefficient (Wildman–Crippen LogP) is 2.08. The molecule has 0 spiro atoms. The zero-order chi connectivity index (χ0) is 10.7. The summed E-state index contributed by atoms with van der Waals surface area (Å²) in [5.41, 5.74) is -0.622. The quantitative estimate of drug-likeness (QED) is 0.747. The largest absolute Gasteiger partial charge is 0.251 e. The summed E-state index contributed by atoms with van der Waals surface area (Å²) in [6, 6.07) is 0. The van der Waals surface area contributed by atoms with Crippen LogP contribution in [0.4, 0.5) is 8.78 Å². The van der Waals surface area contributed by atoms with Gasteiger partial charge in [-0.25, -0.2) is 17.7 Å². The Hall–Kier alpha value is -0.0300. The van der Waals surface area contributed by atoms with E-state index < -0.39 is 22.4 Å². The van der Waals surface area contributed by atoms with Crippen LogP contribution in [0, 0.1) is 0 Å². The van der Waals surface area contributed by atoms with E-state index >= 15 is 0 Å². The van der Waals surface area contributed by atoms with Gasteiger partial charge in [0.25, 0.3) is 5.92 Å². The average Bonchev–Trinajstić information content (AvgIpc) is 1.84. The third-order valence-electron chi connectivity index (χ3n) is 1.69. The first-order chi connectivity index (χ1) is 5.83. The van der Waals surface area contributed by atoms with Gasteiger partial charge in [-0.05, 0) is 6.92 Å². The normalized spacial score (nSPS) is 25.1. The van der Waals surface area contributed by atoms with Crippen LogP contribution in [0.5, 0.6) is 0 Å². The molecule has 0 aromatic heterocycles. The summed E-state index contributed by atoms with van der Waals surface area (Å²) in [4.78, 5) is 0. The molecule has 1 N–H and O–H groups in total. The van der Waals surface area contributed by atoms with Crippen molar-refractivity contribution in [2.45, 2.75) is 45.1 Å². The van der Waals surface area contributed by atoms with Crippen LogP contribution in [0.25, 0.3) is 0 Å². The minimum absolute atomic E-state index is 0.209. The van der Waals surface area contributed by atoms with E-state index in [-0.39, 0.29) is 12.8 Å². The highest BCUT2D eigenvalue weighted by Crippen LogP contribution is 2.45. The summed E-state index contributed by atoms with van der Waals surface area (Å²) in [5, 5.41) is 0. The summed E-state index contributed by atoms with van der Waals surface area (Å²) in [6.45, 7) is 5.66. The van der Waals surface area contributed by atoms with Crippen LogP contribution in [0.1, 0.15) is 33.6 Å². The summed E-state index contributed by atoms with van der Waals surface area (Å²) in [7, 11) is -1.20. The molecule has 0 amide bonds. The van der Waals surface area contributed by atoms with Gasteiger partial charge in [-0.3, -0.25) is 0 Å². The van der Waals surface area contributed by atoms with Crippen molar-refractivity contribution in [1.82, 2.24) is 4.72 Å². The molecule has 1 atom stereocenters. The second-order valence-corrected chi connectivity index (χ2v) is 4.44. The Morgan fingerprint density at radius 2 is 1.69 bits per heavy atom. The minimum Gasteiger partial charge on any atom is -0.243 e. The van der Waals surface area contributed by atoms with Gasteiger partial charge >= 0.3 is 0 Å². The van der Waals surface area contributed by atoms with E-state index in [4.69, 9.17) is 0 Å². The zero-order valence-electron chi connectivity index (χ0n) is 8.49. The fourth-order valence-corrected chi connectivity index (χ4v) is 2.35. The van der Waals surface area contributed by atoms with Gasteiger partial charge in [0.15, 0.2) is 0 Å². The number of halogens is 2. The first-order valence-corrected chi connectivity index (χ1v) is 5.88. The number of nitrogens with one attached hydrogen (secondary N) is 1. The Kier molecular flexibility index (Phi) is 4.45. The van der Waals surface area contributed by atoms with Gasteiger partial charge in [0.1, 0.15) is 0 Å². The molecule has 5 heteroatoms. The van der Waals surface area contributed by atoms with Crippen molar-refractivity contribution in [3.8, 4) is 0 Å². The zero-order valence-corrected chi connectivity index (χ0v) is 9.30. The minimum atomic E-state index is -2.55. The molecule has 0 aromatic rings. The molecule has 80 valence electrons. The van der Waals surface area contributed by atoms with Crippen molar-refractivity contribution >= 4 is 11.0 Å². The van der Waals surface area contributed by atoms with E-state index in [1.165, 1.54) is 6.26 Å². The topological polar surface area (TPSA) is 29.1 Å². The van der Waals surface area contributed by atoms with Crippen LogP contribution >= 0.6 is 0 Å². The molecule has 2 nitrogen and oxygen atoms in total. The molecule has 0 heterocycles. The third kappa shape index (κ3) is 4.13. The van der Waals surface area contributed by atoms with Crippen LogP contribution in [0.15, 0.2) is 0 Å². The summed E-state index contributed by atoms with van der Waals surface area (Å²) < 4.78 is 37.9. The highest BCUT2D eigenvalue weighted by atomic mass is 32.2. The molecule has 0 radical (unpaired) electrons. The Morgan fingerprint density at radius 1 is 1.31 bits per heavy atom. The van der Waals surface area contributed by atoms with Crippen molar-refractivity contribution in [3.63, 3.8) is 0 Å². The SMILES string of the molecule is CC.CS(=O)NC1(C)CC(F)(F)C1. The molecule has 1 unspecified atom stereocenters. The Balaban J connectivity index is 0.000000671. The van der Waals surface area contributed by atoms with Gasteiger partial charge < -0.3 is 0 Å². The van der Waals surface area contributed by atoms with E-state index in [0.29, 0.717) is 0 Å². The Labute approximate surface area is 80.7 Å². The second-order valence-electron chi connectivity index (χ2n) is 3.33. The lowest BCUT2D eigenvalue weighted by molar-refractivity contribution is -0.120. The summed E-state index contributed by atoms with van der Waals surface area (Å²) in [6.07, 6.45) is 1.03. The van der Waals surface area contributed by atoms with Crippen LogP contribution < -0.4 is 4.72 Å². The molecule has 13 heavy (non-hydrogen) atoms. The van der Waals surface area contributed by atoms with Gasteiger partial charge in [0.05, 0.1) is 11.0 Å². The van der Waals surface area contributed by atoms with Crippen LogP contribution in [-0.4, -0.2) is 21.9 Å². The van der Waals surface area contributed by atoms with Gasteiger partial charge in [-0.15, -0.1) is 0 Å². The molecule has 0 bridgehead atoms. The monoisotopic (exact) mass is 213 g/mol. The van der Waals surface area contributed by atoms with E-state index in [2.05, 4.69) is 4.72 Å².